The van der Waals surface area contributed by atoms with Crippen LogP contribution in [0.25, 0.3) is 10.9 Å². The van der Waals surface area contributed by atoms with Crippen molar-refractivity contribution in [3.63, 3.8) is 0 Å². The van der Waals surface area contributed by atoms with Crippen molar-refractivity contribution < 1.29 is 9.53 Å². The summed E-state index contributed by atoms with van der Waals surface area (Å²) in [6.07, 6.45) is 0. The minimum absolute atomic E-state index is 0.0188. The number of amides is 1. The second kappa shape index (κ2) is 7.37. The summed E-state index contributed by atoms with van der Waals surface area (Å²) in [5.41, 5.74) is 2.44. The molecule has 1 fully saturated rings. The number of aromatic nitrogens is 1. The fourth-order valence-corrected chi connectivity index (χ4v) is 3.62. The average Bonchev–Trinajstić information content (AvgIpc) is 2.73. The third kappa shape index (κ3) is 3.51. The molecule has 0 bridgehead atoms. The fraction of sp³-hybridized carbons (Fsp3) is 0.273. The van der Waals surface area contributed by atoms with E-state index in [4.69, 9.17) is 4.74 Å². The van der Waals surface area contributed by atoms with Crippen molar-refractivity contribution >= 4 is 16.8 Å². The average molecular weight is 361 g/mol. The molecule has 1 saturated heterocycles. The molecular weight excluding hydrogens is 338 g/mol. The van der Waals surface area contributed by atoms with E-state index in [1.807, 2.05) is 53.4 Å². The molecule has 1 aliphatic heterocycles. The number of carbonyl (C=O) groups excluding carboxylic acids is 1. The number of fused-ring (bicyclic) bond motifs is 1. The number of likely N-dealkylation sites (N-methyl/N-ethyl adjacent to an activating group) is 1. The van der Waals surface area contributed by atoms with Crippen molar-refractivity contribution in [2.24, 2.45) is 0 Å². The summed E-state index contributed by atoms with van der Waals surface area (Å²) >= 11 is 0. The molecular formula is C22H23N3O2. The SMILES string of the molecule is COc1ccc2nc(C(=O)N3CCN(C)CC3c3ccccc3)ccc2c1. The van der Waals surface area contributed by atoms with Crippen LogP contribution in [0.3, 0.4) is 0 Å². The molecule has 1 atom stereocenters. The highest BCUT2D eigenvalue weighted by Crippen LogP contribution is 2.27. The van der Waals surface area contributed by atoms with Crippen molar-refractivity contribution in [2.45, 2.75) is 6.04 Å². The Labute approximate surface area is 159 Å². The van der Waals surface area contributed by atoms with Gasteiger partial charge in [0.25, 0.3) is 5.91 Å². The third-order valence-corrected chi connectivity index (χ3v) is 5.14. The van der Waals surface area contributed by atoms with Gasteiger partial charge in [-0.3, -0.25) is 4.79 Å². The maximum Gasteiger partial charge on any atom is 0.273 e. The molecule has 2 heterocycles. The highest BCUT2D eigenvalue weighted by atomic mass is 16.5. The summed E-state index contributed by atoms with van der Waals surface area (Å²) in [5.74, 6) is 0.765. The minimum Gasteiger partial charge on any atom is -0.497 e. The summed E-state index contributed by atoms with van der Waals surface area (Å²) in [7, 11) is 3.74. The van der Waals surface area contributed by atoms with Gasteiger partial charge in [-0.05, 0) is 36.9 Å². The number of pyridine rings is 1. The van der Waals surface area contributed by atoms with E-state index < -0.39 is 0 Å². The number of rotatable bonds is 3. The van der Waals surface area contributed by atoms with Crippen LogP contribution in [-0.4, -0.2) is 54.5 Å². The molecule has 1 aromatic heterocycles. The lowest BCUT2D eigenvalue weighted by molar-refractivity contribution is 0.0492. The Kier molecular flexibility index (Phi) is 4.77. The Morgan fingerprint density at radius 2 is 1.89 bits per heavy atom. The van der Waals surface area contributed by atoms with Gasteiger partial charge in [0.2, 0.25) is 0 Å². The van der Waals surface area contributed by atoms with Crippen molar-refractivity contribution in [1.82, 2.24) is 14.8 Å². The molecule has 0 spiro atoms. The molecule has 5 heteroatoms. The van der Waals surface area contributed by atoms with Gasteiger partial charge in [-0.1, -0.05) is 36.4 Å². The molecule has 0 N–H and O–H groups in total. The van der Waals surface area contributed by atoms with Crippen LogP contribution in [-0.2, 0) is 0 Å². The summed E-state index contributed by atoms with van der Waals surface area (Å²) in [4.78, 5) is 22.1. The monoisotopic (exact) mass is 361 g/mol. The lowest BCUT2D eigenvalue weighted by atomic mass is 10.0. The Bertz CT molecular complexity index is 958. The zero-order valence-electron chi connectivity index (χ0n) is 15.6. The smallest absolute Gasteiger partial charge is 0.273 e. The van der Waals surface area contributed by atoms with Crippen molar-refractivity contribution in [1.29, 1.82) is 0 Å². The molecule has 2 aromatic carbocycles. The van der Waals surface area contributed by atoms with E-state index in [9.17, 15) is 4.79 Å². The number of methoxy groups -OCH3 is 1. The van der Waals surface area contributed by atoms with Crippen LogP contribution in [0.2, 0.25) is 0 Å². The van der Waals surface area contributed by atoms with Gasteiger partial charge in [0, 0.05) is 25.0 Å². The number of hydrogen-bond donors (Lipinski definition) is 0. The first-order chi connectivity index (χ1) is 13.2. The Morgan fingerprint density at radius 1 is 1.07 bits per heavy atom. The second-order valence-corrected chi connectivity index (χ2v) is 6.94. The minimum atomic E-state index is -0.0188. The van der Waals surface area contributed by atoms with Gasteiger partial charge < -0.3 is 14.5 Å². The van der Waals surface area contributed by atoms with E-state index in [-0.39, 0.29) is 11.9 Å². The van der Waals surface area contributed by atoms with Crippen molar-refractivity contribution in [2.75, 3.05) is 33.8 Å². The lowest BCUT2D eigenvalue weighted by Crippen LogP contribution is -2.49. The van der Waals surface area contributed by atoms with E-state index >= 15 is 0 Å². The zero-order chi connectivity index (χ0) is 18.8. The second-order valence-electron chi connectivity index (χ2n) is 6.94. The highest BCUT2D eigenvalue weighted by Gasteiger charge is 2.31. The summed E-state index contributed by atoms with van der Waals surface area (Å²) in [6.45, 7) is 2.37. The van der Waals surface area contributed by atoms with Gasteiger partial charge in [0.15, 0.2) is 0 Å². The maximum absolute atomic E-state index is 13.3. The number of carbonyl (C=O) groups is 1. The predicted molar refractivity (Wildman–Crippen MR) is 106 cm³/mol. The van der Waals surface area contributed by atoms with E-state index in [2.05, 4.69) is 29.1 Å². The maximum atomic E-state index is 13.3. The molecule has 1 amide bonds. The summed E-state index contributed by atoms with van der Waals surface area (Å²) in [6, 6.07) is 19.7. The van der Waals surface area contributed by atoms with Crippen molar-refractivity contribution in [3.05, 3.63) is 71.9 Å². The molecule has 0 aliphatic carbocycles. The lowest BCUT2D eigenvalue weighted by Gasteiger charge is -2.40. The van der Waals surface area contributed by atoms with Crippen LogP contribution in [0.4, 0.5) is 0 Å². The van der Waals surface area contributed by atoms with Gasteiger partial charge in [-0.25, -0.2) is 4.98 Å². The van der Waals surface area contributed by atoms with E-state index in [1.165, 1.54) is 0 Å². The molecule has 0 radical (unpaired) electrons. The van der Waals surface area contributed by atoms with E-state index in [1.54, 1.807) is 7.11 Å². The van der Waals surface area contributed by atoms with Crippen molar-refractivity contribution in [3.8, 4) is 5.75 Å². The fourth-order valence-electron chi connectivity index (χ4n) is 3.62. The van der Waals surface area contributed by atoms with Crippen LogP contribution < -0.4 is 4.74 Å². The van der Waals surface area contributed by atoms with Gasteiger partial charge in [-0.2, -0.15) is 0 Å². The third-order valence-electron chi connectivity index (χ3n) is 5.14. The molecule has 5 nitrogen and oxygen atoms in total. The predicted octanol–water partition coefficient (Wildman–Crippen LogP) is 3.37. The van der Waals surface area contributed by atoms with E-state index in [0.29, 0.717) is 12.2 Å². The molecule has 138 valence electrons. The van der Waals surface area contributed by atoms with Crippen LogP contribution in [0.1, 0.15) is 22.1 Å². The first kappa shape index (κ1) is 17.5. The highest BCUT2D eigenvalue weighted by molar-refractivity contribution is 5.95. The molecule has 4 rings (SSSR count). The van der Waals surface area contributed by atoms with E-state index in [0.717, 1.165) is 35.3 Å². The normalized spacial score (nSPS) is 17.9. The van der Waals surface area contributed by atoms with Crippen LogP contribution >= 0.6 is 0 Å². The van der Waals surface area contributed by atoms with Gasteiger partial charge in [-0.15, -0.1) is 0 Å². The molecule has 1 aliphatic rings. The van der Waals surface area contributed by atoms with Crippen LogP contribution in [0.15, 0.2) is 60.7 Å². The van der Waals surface area contributed by atoms with Crippen LogP contribution in [0, 0.1) is 0 Å². The standard InChI is InChI=1S/C22H23N3O2/c1-24-12-13-25(21(15-24)16-6-4-3-5-7-16)22(26)20-10-8-17-14-18(27-2)9-11-19(17)23-20/h3-11,14,21H,12-13,15H2,1-2H3. The first-order valence-corrected chi connectivity index (χ1v) is 9.15. The number of benzene rings is 2. The number of ether oxygens (including phenoxy) is 1. The summed E-state index contributed by atoms with van der Waals surface area (Å²) < 4.78 is 5.26. The largest absolute Gasteiger partial charge is 0.497 e. The van der Waals surface area contributed by atoms with Gasteiger partial charge in [0.1, 0.15) is 11.4 Å². The number of hydrogen-bond acceptors (Lipinski definition) is 4. The molecule has 27 heavy (non-hydrogen) atoms. The number of nitrogens with zero attached hydrogens (tertiary/aromatic N) is 3. The zero-order valence-corrected chi connectivity index (χ0v) is 15.6. The molecule has 0 saturated carbocycles. The Morgan fingerprint density at radius 3 is 2.67 bits per heavy atom. The van der Waals surface area contributed by atoms with Gasteiger partial charge in [0.05, 0.1) is 18.7 Å². The quantitative estimate of drug-likeness (QED) is 0.718. The van der Waals surface area contributed by atoms with Crippen LogP contribution in [0.5, 0.6) is 5.75 Å². The topological polar surface area (TPSA) is 45.7 Å². The van der Waals surface area contributed by atoms with Gasteiger partial charge >= 0.3 is 0 Å². The Hall–Kier alpha value is -2.92. The first-order valence-electron chi connectivity index (χ1n) is 9.15. The molecule has 3 aromatic rings. The summed E-state index contributed by atoms with van der Waals surface area (Å²) in [5, 5.41) is 0.962. The number of piperazine rings is 1. The Balaban J connectivity index is 1.66. The molecule has 1 unspecified atom stereocenters.